The fraction of sp³-hybridized carbons (Fsp3) is 0.786. The molecular weight excluding hydrogens is 256 g/mol. The van der Waals surface area contributed by atoms with Gasteiger partial charge in [-0.05, 0) is 37.5 Å². The third kappa shape index (κ3) is 3.17. The van der Waals surface area contributed by atoms with E-state index in [9.17, 15) is 4.79 Å². The minimum absolute atomic E-state index is 0.159. The molecule has 0 aromatic carbocycles. The molecule has 0 bridgehead atoms. The van der Waals surface area contributed by atoms with Crippen molar-refractivity contribution in [3.05, 3.63) is 12.7 Å². The van der Waals surface area contributed by atoms with Gasteiger partial charge in [0.1, 0.15) is 19.2 Å². The highest BCUT2D eigenvalue weighted by atomic mass is 16.5. The zero-order chi connectivity index (χ0) is 13.8. The lowest BCUT2D eigenvalue weighted by molar-refractivity contribution is -0.134. The quantitative estimate of drug-likeness (QED) is 0.825. The van der Waals surface area contributed by atoms with Crippen LogP contribution in [-0.4, -0.2) is 51.9 Å². The molecule has 2 saturated heterocycles. The second kappa shape index (κ2) is 6.35. The normalized spacial score (nSPS) is 24.8. The van der Waals surface area contributed by atoms with E-state index in [1.807, 2.05) is 4.90 Å². The summed E-state index contributed by atoms with van der Waals surface area (Å²) in [7, 11) is 0. The van der Waals surface area contributed by atoms with Gasteiger partial charge in [-0.25, -0.2) is 9.67 Å². The van der Waals surface area contributed by atoms with Gasteiger partial charge in [0, 0.05) is 26.3 Å². The van der Waals surface area contributed by atoms with Gasteiger partial charge in [0.15, 0.2) is 0 Å². The Balaban J connectivity index is 1.55. The Morgan fingerprint density at radius 2 is 2.10 bits per heavy atom. The first kappa shape index (κ1) is 13.5. The van der Waals surface area contributed by atoms with E-state index in [-0.39, 0.29) is 5.91 Å². The highest BCUT2D eigenvalue weighted by Gasteiger charge is 2.30. The summed E-state index contributed by atoms with van der Waals surface area (Å²) < 4.78 is 7.03. The number of likely N-dealkylation sites (tertiary alicyclic amines) is 1. The van der Waals surface area contributed by atoms with E-state index in [0.29, 0.717) is 12.5 Å². The minimum atomic E-state index is 0.159. The third-order valence-electron chi connectivity index (χ3n) is 4.51. The zero-order valence-electron chi connectivity index (χ0n) is 11.8. The molecule has 2 aliphatic rings. The molecule has 6 nitrogen and oxygen atoms in total. The fourth-order valence-corrected chi connectivity index (χ4v) is 3.36. The Morgan fingerprint density at radius 3 is 2.85 bits per heavy atom. The first-order chi connectivity index (χ1) is 9.83. The summed E-state index contributed by atoms with van der Waals surface area (Å²) in [5.74, 6) is 1.53. The highest BCUT2D eigenvalue weighted by molar-refractivity contribution is 5.75. The van der Waals surface area contributed by atoms with Crippen LogP contribution in [0.25, 0.3) is 0 Å². The monoisotopic (exact) mass is 278 g/mol. The van der Waals surface area contributed by atoms with Crippen molar-refractivity contribution in [2.24, 2.45) is 11.8 Å². The van der Waals surface area contributed by atoms with Crippen molar-refractivity contribution in [1.29, 1.82) is 0 Å². The van der Waals surface area contributed by atoms with Crippen LogP contribution in [0.2, 0.25) is 0 Å². The van der Waals surface area contributed by atoms with Crippen molar-refractivity contribution < 1.29 is 9.53 Å². The van der Waals surface area contributed by atoms with Gasteiger partial charge in [-0.3, -0.25) is 4.79 Å². The first-order valence-electron chi connectivity index (χ1n) is 7.51. The lowest BCUT2D eigenvalue weighted by atomic mass is 9.81. The van der Waals surface area contributed by atoms with Crippen LogP contribution in [-0.2, 0) is 16.1 Å². The van der Waals surface area contributed by atoms with E-state index in [1.54, 1.807) is 11.0 Å². The van der Waals surface area contributed by atoms with Gasteiger partial charge in [-0.15, -0.1) is 0 Å². The SMILES string of the molecule is O=C(Cn1cncn1)N1CCCC(C2CCOCC2)C1. The van der Waals surface area contributed by atoms with Crippen LogP contribution in [0.5, 0.6) is 0 Å². The van der Waals surface area contributed by atoms with Crippen molar-refractivity contribution in [2.75, 3.05) is 26.3 Å². The number of rotatable bonds is 3. The molecule has 0 N–H and O–H groups in total. The number of hydrogen-bond acceptors (Lipinski definition) is 4. The van der Waals surface area contributed by atoms with Crippen LogP contribution >= 0.6 is 0 Å². The molecule has 1 aromatic rings. The number of hydrogen-bond donors (Lipinski definition) is 0. The summed E-state index contributed by atoms with van der Waals surface area (Å²) in [4.78, 5) is 18.2. The van der Waals surface area contributed by atoms with Gasteiger partial charge < -0.3 is 9.64 Å². The van der Waals surface area contributed by atoms with Gasteiger partial charge in [0.05, 0.1) is 0 Å². The molecule has 1 atom stereocenters. The smallest absolute Gasteiger partial charge is 0.244 e. The van der Waals surface area contributed by atoms with Crippen molar-refractivity contribution in [3.8, 4) is 0 Å². The van der Waals surface area contributed by atoms with E-state index in [0.717, 1.165) is 51.5 Å². The van der Waals surface area contributed by atoms with Crippen molar-refractivity contribution in [2.45, 2.75) is 32.2 Å². The van der Waals surface area contributed by atoms with Crippen LogP contribution in [0.3, 0.4) is 0 Å². The van der Waals surface area contributed by atoms with Crippen LogP contribution in [0.15, 0.2) is 12.7 Å². The molecule has 0 saturated carbocycles. The van der Waals surface area contributed by atoms with Crippen LogP contribution in [0, 0.1) is 11.8 Å². The van der Waals surface area contributed by atoms with Crippen LogP contribution < -0.4 is 0 Å². The molecule has 0 aliphatic carbocycles. The average molecular weight is 278 g/mol. The van der Waals surface area contributed by atoms with Crippen molar-refractivity contribution >= 4 is 5.91 Å². The molecule has 2 aliphatic heterocycles. The summed E-state index contributed by atoms with van der Waals surface area (Å²) in [6.45, 7) is 3.86. The Morgan fingerprint density at radius 1 is 1.25 bits per heavy atom. The molecule has 2 fully saturated rings. The molecule has 1 aromatic heterocycles. The number of aromatic nitrogens is 3. The molecular formula is C14H22N4O2. The van der Waals surface area contributed by atoms with Crippen LogP contribution in [0.1, 0.15) is 25.7 Å². The van der Waals surface area contributed by atoms with Gasteiger partial charge >= 0.3 is 0 Å². The predicted octanol–water partition coefficient (Wildman–Crippen LogP) is 0.943. The molecule has 0 spiro atoms. The van der Waals surface area contributed by atoms with Gasteiger partial charge in [0.25, 0.3) is 0 Å². The molecule has 1 unspecified atom stereocenters. The van der Waals surface area contributed by atoms with E-state index < -0.39 is 0 Å². The lowest BCUT2D eigenvalue weighted by Crippen LogP contribution is -2.44. The number of piperidine rings is 1. The van der Waals surface area contributed by atoms with Crippen molar-refractivity contribution in [1.82, 2.24) is 19.7 Å². The Bertz CT molecular complexity index is 428. The summed E-state index contributed by atoms with van der Waals surface area (Å²) >= 11 is 0. The van der Waals surface area contributed by atoms with E-state index >= 15 is 0 Å². The molecule has 20 heavy (non-hydrogen) atoms. The highest BCUT2D eigenvalue weighted by Crippen LogP contribution is 2.30. The minimum Gasteiger partial charge on any atom is -0.381 e. The number of carbonyl (C=O) groups excluding carboxylic acids is 1. The molecule has 3 rings (SSSR count). The summed E-state index contributed by atoms with van der Waals surface area (Å²) in [5.41, 5.74) is 0. The zero-order valence-corrected chi connectivity index (χ0v) is 11.8. The second-order valence-electron chi connectivity index (χ2n) is 5.78. The Kier molecular flexibility index (Phi) is 4.30. The molecule has 6 heteroatoms. The van der Waals surface area contributed by atoms with E-state index in [1.165, 1.54) is 12.7 Å². The number of amides is 1. The summed E-state index contributed by atoms with van der Waals surface area (Å²) in [6.07, 6.45) is 7.72. The molecule has 1 amide bonds. The summed E-state index contributed by atoms with van der Waals surface area (Å²) in [6, 6.07) is 0. The van der Waals surface area contributed by atoms with Gasteiger partial charge in [-0.2, -0.15) is 5.10 Å². The standard InChI is InChI=1S/C14H22N4O2/c19-14(9-18-11-15-10-16-18)17-5-1-2-13(8-17)12-3-6-20-7-4-12/h10-13H,1-9H2. The summed E-state index contributed by atoms with van der Waals surface area (Å²) in [5, 5.41) is 4.00. The first-order valence-corrected chi connectivity index (χ1v) is 7.51. The number of ether oxygens (including phenoxy) is 1. The molecule has 0 radical (unpaired) electrons. The van der Waals surface area contributed by atoms with Crippen LogP contribution in [0.4, 0.5) is 0 Å². The van der Waals surface area contributed by atoms with Crippen molar-refractivity contribution in [3.63, 3.8) is 0 Å². The topological polar surface area (TPSA) is 60.2 Å². The maximum absolute atomic E-state index is 12.3. The van der Waals surface area contributed by atoms with Gasteiger partial charge in [-0.1, -0.05) is 0 Å². The second-order valence-corrected chi connectivity index (χ2v) is 5.78. The van der Waals surface area contributed by atoms with E-state index in [4.69, 9.17) is 4.74 Å². The molecule has 110 valence electrons. The maximum Gasteiger partial charge on any atom is 0.244 e. The predicted molar refractivity (Wildman–Crippen MR) is 72.9 cm³/mol. The Labute approximate surface area is 119 Å². The number of carbonyl (C=O) groups is 1. The van der Waals surface area contributed by atoms with E-state index in [2.05, 4.69) is 10.1 Å². The molecule has 3 heterocycles. The maximum atomic E-state index is 12.3. The average Bonchev–Trinajstić information content (AvgIpc) is 3.01. The number of nitrogens with zero attached hydrogens (tertiary/aromatic N) is 4. The lowest BCUT2D eigenvalue weighted by Gasteiger charge is -2.38. The van der Waals surface area contributed by atoms with Gasteiger partial charge in [0.2, 0.25) is 5.91 Å². The third-order valence-corrected chi connectivity index (χ3v) is 4.51. The fourth-order valence-electron chi connectivity index (χ4n) is 3.36. The Hall–Kier alpha value is -1.43. The largest absolute Gasteiger partial charge is 0.381 e.